The maximum Gasteiger partial charge on any atom is 0.311 e. The Morgan fingerprint density at radius 1 is 1.32 bits per heavy atom. The monoisotopic (exact) mass is 267 g/mol. The predicted molar refractivity (Wildman–Crippen MR) is 70.5 cm³/mol. The van der Waals surface area contributed by atoms with Gasteiger partial charge in [-0.2, -0.15) is 5.10 Å². The number of carboxylic acids is 1. The van der Waals surface area contributed by atoms with Gasteiger partial charge in [-0.3, -0.25) is 14.3 Å². The van der Waals surface area contributed by atoms with Gasteiger partial charge in [-0.15, -0.1) is 0 Å². The molecule has 6 heteroatoms. The van der Waals surface area contributed by atoms with Gasteiger partial charge >= 0.3 is 5.97 Å². The summed E-state index contributed by atoms with van der Waals surface area (Å²) >= 11 is 0. The van der Waals surface area contributed by atoms with Crippen molar-refractivity contribution < 1.29 is 14.7 Å². The number of carboxylic acid groups (broad SMARTS) is 1. The Bertz CT molecular complexity index is 450. The zero-order valence-electron chi connectivity index (χ0n) is 11.8. The molecule has 19 heavy (non-hydrogen) atoms. The fourth-order valence-electron chi connectivity index (χ4n) is 1.48. The number of carbonyl (C=O) groups excluding carboxylic acids is 1. The van der Waals surface area contributed by atoms with Gasteiger partial charge in [0.25, 0.3) is 0 Å². The first-order valence-electron chi connectivity index (χ1n) is 6.18. The minimum absolute atomic E-state index is 0.185. The number of nitrogens with zero attached hydrogens (tertiary/aromatic N) is 2. The third-order valence-corrected chi connectivity index (χ3v) is 3.68. The standard InChI is InChI=1S/C13H21N3O3/c1-12(2,11(18)19)13(3,4)15-10(17)6-9-16-8-5-7-14-16/h5,7-8H,6,9H2,1-4H3,(H,15,17)(H,18,19). The highest BCUT2D eigenvalue weighted by atomic mass is 16.4. The number of rotatable bonds is 6. The molecule has 0 radical (unpaired) electrons. The molecule has 1 aromatic heterocycles. The van der Waals surface area contributed by atoms with Crippen LogP contribution >= 0.6 is 0 Å². The van der Waals surface area contributed by atoms with E-state index in [0.717, 1.165) is 0 Å². The second-order valence-electron chi connectivity index (χ2n) is 5.62. The number of nitrogens with one attached hydrogen (secondary N) is 1. The van der Waals surface area contributed by atoms with Gasteiger partial charge in [0.05, 0.1) is 5.41 Å². The van der Waals surface area contributed by atoms with Crippen LogP contribution in [0.15, 0.2) is 18.5 Å². The highest BCUT2D eigenvalue weighted by Crippen LogP contribution is 2.30. The molecule has 0 bridgehead atoms. The average molecular weight is 267 g/mol. The lowest BCUT2D eigenvalue weighted by atomic mass is 9.74. The number of carbonyl (C=O) groups is 2. The van der Waals surface area contributed by atoms with E-state index in [9.17, 15) is 14.7 Å². The van der Waals surface area contributed by atoms with Gasteiger partial charge in [-0.1, -0.05) is 0 Å². The van der Waals surface area contributed by atoms with E-state index in [1.54, 1.807) is 50.8 Å². The molecule has 6 nitrogen and oxygen atoms in total. The normalized spacial score (nSPS) is 12.2. The molecular weight excluding hydrogens is 246 g/mol. The molecule has 106 valence electrons. The number of aliphatic carboxylic acids is 1. The minimum Gasteiger partial charge on any atom is -0.481 e. The summed E-state index contributed by atoms with van der Waals surface area (Å²) < 4.78 is 1.66. The van der Waals surface area contributed by atoms with Crippen LogP contribution in [0, 0.1) is 5.41 Å². The topological polar surface area (TPSA) is 84.2 Å². The molecule has 0 atom stereocenters. The van der Waals surface area contributed by atoms with E-state index in [1.807, 2.05) is 0 Å². The highest BCUT2D eigenvalue weighted by molar-refractivity contribution is 5.80. The number of aromatic nitrogens is 2. The van der Waals surface area contributed by atoms with E-state index in [1.165, 1.54) is 0 Å². The van der Waals surface area contributed by atoms with Gasteiger partial charge < -0.3 is 10.4 Å². The fourth-order valence-corrected chi connectivity index (χ4v) is 1.48. The molecule has 1 amide bonds. The third-order valence-electron chi connectivity index (χ3n) is 3.68. The highest BCUT2D eigenvalue weighted by Gasteiger charge is 2.44. The van der Waals surface area contributed by atoms with Crippen LogP contribution in [0.5, 0.6) is 0 Å². The first kappa shape index (κ1) is 15.2. The maximum atomic E-state index is 11.9. The van der Waals surface area contributed by atoms with Crippen LogP contribution in [-0.4, -0.2) is 32.3 Å². The number of hydrogen-bond acceptors (Lipinski definition) is 3. The maximum absolute atomic E-state index is 11.9. The van der Waals surface area contributed by atoms with Crippen LogP contribution in [-0.2, 0) is 16.1 Å². The summed E-state index contributed by atoms with van der Waals surface area (Å²) in [5.41, 5.74) is -1.88. The molecule has 0 saturated heterocycles. The summed E-state index contributed by atoms with van der Waals surface area (Å²) in [4.78, 5) is 23.1. The van der Waals surface area contributed by atoms with Crippen molar-refractivity contribution in [2.24, 2.45) is 5.41 Å². The Labute approximate surface area is 112 Å². The summed E-state index contributed by atoms with van der Waals surface area (Å²) in [5, 5.41) is 16.0. The van der Waals surface area contributed by atoms with Crippen molar-refractivity contribution in [3.05, 3.63) is 18.5 Å². The average Bonchev–Trinajstić information content (AvgIpc) is 2.78. The molecule has 0 fully saturated rings. The first-order chi connectivity index (χ1) is 8.67. The smallest absolute Gasteiger partial charge is 0.311 e. The molecule has 0 aliphatic rings. The second-order valence-corrected chi connectivity index (χ2v) is 5.62. The van der Waals surface area contributed by atoms with Gasteiger partial charge in [0.2, 0.25) is 5.91 Å². The van der Waals surface area contributed by atoms with E-state index in [2.05, 4.69) is 10.4 Å². The molecule has 0 aliphatic carbocycles. The Morgan fingerprint density at radius 3 is 2.42 bits per heavy atom. The molecule has 1 rings (SSSR count). The molecule has 2 N–H and O–H groups in total. The lowest BCUT2D eigenvalue weighted by molar-refractivity contribution is -0.151. The van der Waals surface area contributed by atoms with E-state index in [0.29, 0.717) is 6.54 Å². The van der Waals surface area contributed by atoms with Crippen LogP contribution in [0.25, 0.3) is 0 Å². The van der Waals surface area contributed by atoms with E-state index < -0.39 is 16.9 Å². The van der Waals surface area contributed by atoms with Crippen molar-refractivity contribution in [1.82, 2.24) is 15.1 Å². The molecule has 1 aromatic rings. The molecular formula is C13H21N3O3. The quantitative estimate of drug-likeness (QED) is 0.813. The molecule has 1 heterocycles. The Morgan fingerprint density at radius 2 is 1.95 bits per heavy atom. The van der Waals surface area contributed by atoms with E-state index >= 15 is 0 Å². The van der Waals surface area contributed by atoms with Crippen molar-refractivity contribution in [1.29, 1.82) is 0 Å². The molecule has 0 spiro atoms. The van der Waals surface area contributed by atoms with Crippen LogP contribution in [0.4, 0.5) is 0 Å². The van der Waals surface area contributed by atoms with E-state index in [4.69, 9.17) is 0 Å². The lowest BCUT2D eigenvalue weighted by Gasteiger charge is -2.38. The summed E-state index contributed by atoms with van der Waals surface area (Å²) in [7, 11) is 0. The van der Waals surface area contributed by atoms with Crippen molar-refractivity contribution in [3.63, 3.8) is 0 Å². The summed E-state index contributed by atoms with van der Waals surface area (Å²) in [6, 6.07) is 1.79. The van der Waals surface area contributed by atoms with Crippen molar-refractivity contribution in [2.75, 3.05) is 0 Å². The Kier molecular flexibility index (Phi) is 4.34. The number of amides is 1. The van der Waals surface area contributed by atoms with E-state index in [-0.39, 0.29) is 12.3 Å². The van der Waals surface area contributed by atoms with Gasteiger partial charge in [-0.25, -0.2) is 0 Å². The Balaban J connectivity index is 2.58. The zero-order chi connectivity index (χ0) is 14.7. The summed E-state index contributed by atoms with van der Waals surface area (Å²) in [5.74, 6) is -1.13. The van der Waals surface area contributed by atoms with Gasteiger partial charge in [-0.05, 0) is 33.8 Å². The van der Waals surface area contributed by atoms with Crippen LogP contribution in [0.2, 0.25) is 0 Å². The van der Waals surface area contributed by atoms with Crippen LogP contribution < -0.4 is 5.32 Å². The minimum atomic E-state index is -1.05. The lowest BCUT2D eigenvalue weighted by Crippen LogP contribution is -2.57. The first-order valence-corrected chi connectivity index (χ1v) is 6.18. The molecule has 0 aliphatic heterocycles. The van der Waals surface area contributed by atoms with Crippen molar-refractivity contribution in [3.8, 4) is 0 Å². The van der Waals surface area contributed by atoms with Gasteiger partial charge in [0, 0.05) is 30.9 Å². The second kappa shape index (κ2) is 5.42. The molecule has 0 unspecified atom stereocenters. The largest absolute Gasteiger partial charge is 0.481 e. The third kappa shape index (κ3) is 3.56. The van der Waals surface area contributed by atoms with Crippen LogP contribution in [0.3, 0.4) is 0 Å². The van der Waals surface area contributed by atoms with Gasteiger partial charge in [0.15, 0.2) is 0 Å². The predicted octanol–water partition coefficient (Wildman–Crippen LogP) is 1.28. The summed E-state index contributed by atoms with van der Waals surface area (Å²) in [6.45, 7) is 7.11. The molecule has 0 aromatic carbocycles. The SMILES string of the molecule is CC(C)(NC(=O)CCn1cccn1)C(C)(C)C(=O)O. The Hall–Kier alpha value is -1.85. The zero-order valence-corrected chi connectivity index (χ0v) is 11.8. The van der Waals surface area contributed by atoms with Gasteiger partial charge in [0.1, 0.15) is 0 Å². The number of hydrogen-bond donors (Lipinski definition) is 2. The fraction of sp³-hybridized carbons (Fsp3) is 0.615. The van der Waals surface area contributed by atoms with Crippen molar-refractivity contribution in [2.45, 2.75) is 46.2 Å². The van der Waals surface area contributed by atoms with Crippen molar-refractivity contribution >= 4 is 11.9 Å². The number of aryl methyl sites for hydroxylation is 1. The van der Waals surface area contributed by atoms with Crippen LogP contribution in [0.1, 0.15) is 34.1 Å². The summed E-state index contributed by atoms with van der Waals surface area (Å²) in [6.07, 6.45) is 3.69. The molecule has 0 saturated carbocycles.